The molecule has 0 amide bonds. The molecule has 0 atom stereocenters. The van der Waals surface area contributed by atoms with E-state index in [0.717, 1.165) is 11.1 Å². The lowest BCUT2D eigenvalue weighted by atomic mass is 10.3. The van der Waals surface area contributed by atoms with Gasteiger partial charge in [-0.1, -0.05) is 11.6 Å². The molecule has 1 nitrogen and oxygen atoms in total. The largest absolute Gasteiger partial charge is 0.241 e. The molecular weight excluding hydrogens is 178 g/mol. The van der Waals surface area contributed by atoms with Crippen molar-refractivity contribution in [1.29, 1.82) is 0 Å². The minimum Gasteiger partial charge on any atom is -0.241 e. The number of halogens is 1. The first-order valence-corrected chi connectivity index (χ1v) is 4.53. The van der Waals surface area contributed by atoms with Crippen molar-refractivity contribution in [2.45, 2.75) is 6.92 Å². The van der Waals surface area contributed by atoms with Gasteiger partial charge in [0.25, 0.3) is 0 Å². The van der Waals surface area contributed by atoms with Gasteiger partial charge in [0, 0.05) is 15.8 Å². The molecule has 0 spiro atoms. The van der Waals surface area contributed by atoms with Gasteiger partial charge >= 0.3 is 0 Å². The van der Waals surface area contributed by atoms with Crippen molar-refractivity contribution in [3.05, 3.63) is 28.4 Å². The second-order valence-electron chi connectivity index (χ2n) is 2.39. The normalized spacial score (nSPS) is 10.7. The lowest BCUT2D eigenvalue weighted by Crippen LogP contribution is -1.79. The van der Waals surface area contributed by atoms with Crippen molar-refractivity contribution in [3.63, 3.8) is 0 Å². The molecule has 2 heterocycles. The van der Waals surface area contributed by atoms with E-state index in [0.29, 0.717) is 5.15 Å². The number of hydrogen-bond acceptors (Lipinski definition) is 2. The van der Waals surface area contributed by atoms with Crippen LogP contribution in [0.2, 0.25) is 5.15 Å². The standard InChI is InChI=1S/C8H6ClNS/c1-5-4-7-6(2-3-11-7)8(9)10-5/h2-4H,1H3. The van der Waals surface area contributed by atoms with Crippen molar-refractivity contribution in [2.24, 2.45) is 0 Å². The molecule has 0 bridgehead atoms. The Bertz CT molecular complexity index is 394. The number of aromatic nitrogens is 1. The van der Waals surface area contributed by atoms with Crippen LogP contribution < -0.4 is 0 Å². The van der Waals surface area contributed by atoms with Crippen LogP contribution in [0, 0.1) is 6.92 Å². The van der Waals surface area contributed by atoms with Gasteiger partial charge in [0.05, 0.1) is 0 Å². The van der Waals surface area contributed by atoms with Gasteiger partial charge in [-0.3, -0.25) is 0 Å². The average Bonchev–Trinajstić information content (AvgIpc) is 2.34. The molecule has 0 aromatic carbocycles. The molecule has 11 heavy (non-hydrogen) atoms. The number of fused-ring (bicyclic) bond motifs is 1. The highest BCUT2D eigenvalue weighted by atomic mass is 35.5. The van der Waals surface area contributed by atoms with E-state index in [9.17, 15) is 0 Å². The van der Waals surface area contributed by atoms with Gasteiger partial charge < -0.3 is 0 Å². The van der Waals surface area contributed by atoms with Gasteiger partial charge in [-0.15, -0.1) is 11.3 Å². The Labute approximate surface area is 73.6 Å². The van der Waals surface area contributed by atoms with Gasteiger partial charge in [-0.2, -0.15) is 0 Å². The maximum Gasteiger partial charge on any atom is 0.137 e. The van der Waals surface area contributed by atoms with Crippen molar-refractivity contribution < 1.29 is 0 Å². The first-order chi connectivity index (χ1) is 5.27. The summed E-state index contributed by atoms with van der Waals surface area (Å²) >= 11 is 7.59. The second kappa shape index (κ2) is 2.47. The molecule has 0 radical (unpaired) electrons. The second-order valence-corrected chi connectivity index (χ2v) is 3.69. The van der Waals surface area contributed by atoms with Crippen molar-refractivity contribution >= 4 is 33.0 Å². The maximum absolute atomic E-state index is 5.90. The molecule has 0 aliphatic rings. The molecule has 56 valence electrons. The molecular formula is C8H6ClNS. The van der Waals surface area contributed by atoms with Crippen LogP contribution in [-0.4, -0.2) is 4.98 Å². The monoisotopic (exact) mass is 183 g/mol. The van der Waals surface area contributed by atoms with Crippen LogP contribution >= 0.6 is 22.9 Å². The summed E-state index contributed by atoms with van der Waals surface area (Å²) in [6.45, 7) is 1.95. The number of pyridine rings is 1. The molecule has 0 saturated carbocycles. The summed E-state index contributed by atoms with van der Waals surface area (Å²) < 4.78 is 1.21. The van der Waals surface area contributed by atoms with Crippen molar-refractivity contribution in [2.75, 3.05) is 0 Å². The molecule has 0 unspecified atom stereocenters. The topological polar surface area (TPSA) is 12.9 Å². The molecule has 0 aliphatic heterocycles. The number of nitrogens with zero attached hydrogens (tertiary/aromatic N) is 1. The van der Waals surface area contributed by atoms with E-state index in [1.54, 1.807) is 11.3 Å². The van der Waals surface area contributed by atoms with Crippen LogP contribution in [0.1, 0.15) is 5.69 Å². The number of hydrogen-bond donors (Lipinski definition) is 0. The van der Waals surface area contributed by atoms with E-state index >= 15 is 0 Å². The predicted octanol–water partition coefficient (Wildman–Crippen LogP) is 3.26. The van der Waals surface area contributed by atoms with E-state index < -0.39 is 0 Å². The lowest BCUT2D eigenvalue weighted by Gasteiger charge is -1.94. The highest BCUT2D eigenvalue weighted by Gasteiger charge is 2.01. The highest BCUT2D eigenvalue weighted by molar-refractivity contribution is 7.17. The predicted molar refractivity (Wildman–Crippen MR) is 49.4 cm³/mol. The highest BCUT2D eigenvalue weighted by Crippen LogP contribution is 2.26. The SMILES string of the molecule is Cc1cc2sccc2c(Cl)n1. The Kier molecular flexibility index (Phi) is 1.59. The molecule has 2 aromatic heterocycles. The van der Waals surface area contributed by atoms with E-state index in [4.69, 9.17) is 11.6 Å². The summed E-state index contributed by atoms with van der Waals surface area (Å²) in [7, 11) is 0. The van der Waals surface area contributed by atoms with E-state index in [1.165, 1.54) is 4.70 Å². The third-order valence-corrected chi connectivity index (χ3v) is 2.68. The van der Waals surface area contributed by atoms with Gasteiger partial charge in [0.15, 0.2) is 0 Å². The Hall–Kier alpha value is -0.600. The Morgan fingerprint density at radius 1 is 1.55 bits per heavy atom. The fraction of sp³-hybridized carbons (Fsp3) is 0.125. The molecule has 2 aromatic rings. The summed E-state index contributed by atoms with van der Waals surface area (Å²) in [6.07, 6.45) is 0. The quantitative estimate of drug-likeness (QED) is 0.572. The first kappa shape index (κ1) is 7.07. The van der Waals surface area contributed by atoms with Gasteiger partial charge in [0.1, 0.15) is 5.15 Å². The summed E-state index contributed by atoms with van der Waals surface area (Å²) in [5.74, 6) is 0. The van der Waals surface area contributed by atoms with Crippen LogP contribution in [0.5, 0.6) is 0 Å². The zero-order valence-electron chi connectivity index (χ0n) is 5.97. The fourth-order valence-electron chi connectivity index (χ4n) is 1.04. The Balaban J connectivity index is 2.91. The fourth-order valence-corrected chi connectivity index (χ4v) is 2.28. The van der Waals surface area contributed by atoms with Crippen molar-refractivity contribution in [1.82, 2.24) is 4.98 Å². The van der Waals surface area contributed by atoms with Crippen LogP contribution in [0.15, 0.2) is 17.5 Å². The number of thiophene rings is 1. The minimum atomic E-state index is 0.612. The van der Waals surface area contributed by atoms with Crippen LogP contribution in [-0.2, 0) is 0 Å². The smallest absolute Gasteiger partial charge is 0.137 e. The van der Waals surface area contributed by atoms with Gasteiger partial charge in [-0.05, 0) is 24.4 Å². The van der Waals surface area contributed by atoms with Crippen LogP contribution in [0.3, 0.4) is 0 Å². The van der Waals surface area contributed by atoms with E-state index in [2.05, 4.69) is 4.98 Å². The third kappa shape index (κ3) is 1.12. The zero-order valence-corrected chi connectivity index (χ0v) is 7.54. The summed E-state index contributed by atoms with van der Waals surface area (Å²) in [5, 5.41) is 3.70. The minimum absolute atomic E-state index is 0.612. The lowest BCUT2D eigenvalue weighted by molar-refractivity contribution is 1.23. The molecule has 3 heteroatoms. The Morgan fingerprint density at radius 2 is 2.36 bits per heavy atom. The molecule has 0 aliphatic carbocycles. The van der Waals surface area contributed by atoms with E-state index in [1.807, 2.05) is 24.4 Å². The van der Waals surface area contributed by atoms with Crippen molar-refractivity contribution in [3.8, 4) is 0 Å². The summed E-state index contributed by atoms with van der Waals surface area (Å²) in [6, 6.07) is 4.04. The summed E-state index contributed by atoms with van der Waals surface area (Å²) in [5.41, 5.74) is 0.977. The van der Waals surface area contributed by atoms with Gasteiger partial charge in [-0.25, -0.2) is 4.98 Å². The number of aryl methyl sites for hydroxylation is 1. The van der Waals surface area contributed by atoms with Gasteiger partial charge in [0.2, 0.25) is 0 Å². The van der Waals surface area contributed by atoms with Crippen LogP contribution in [0.25, 0.3) is 10.1 Å². The van der Waals surface area contributed by atoms with Crippen LogP contribution in [0.4, 0.5) is 0 Å². The molecule has 2 rings (SSSR count). The Morgan fingerprint density at radius 3 is 3.18 bits per heavy atom. The molecule has 0 saturated heterocycles. The van der Waals surface area contributed by atoms with E-state index in [-0.39, 0.29) is 0 Å². The number of rotatable bonds is 0. The maximum atomic E-state index is 5.90. The average molecular weight is 184 g/mol. The third-order valence-electron chi connectivity index (χ3n) is 1.53. The molecule has 0 fully saturated rings. The summed E-state index contributed by atoms with van der Waals surface area (Å²) in [4.78, 5) is 4.15. The first-order valence-electron chi connectivity index (χ1n) is 3.28. The zero-order chi connectivity index (χ0) is 7.84. The molecule has 0 N–H and O–H groups in total.